The largest absolute Gasteiger partial charge is 0.493 e. The fourth-order valence-electron chi connectivity index (χ4n) is 4.80. The van der Waals surface area contributed by atoms with Crippen molar-refractivity contribution in [3.05, 3.63) is 53.2 Å². The first-order valence-electron chi connectivity index (χ1n) is 10.6. The molecule has 29 heavy (non-hydrogen) atoms. The van der Waals surface area contributed by atoms with Gasteiger partial charge >= 0.3 is 0 Å². The van der Waals surface area contributed by atoms with Crippen LogP contribution in [-0.4, -0.2) is 38.0 Å². The number of methoxy groups -OCH3 is 1. The SMILES string of the molecule is COc1ccccc1OCCOc1ccc2c3c1c1c(n3CCC2)CCNCC1. The molecule has 0 fully saturated rings. The maximum atomic E-state index is 6.26. The van der Waals surface area contributed by atoms with Crippen LogP contribution in [0, 0.1) is 0 Å². The molecule has 2 aliphatic rings. The quantitative estimate of drug-likeness (QED) is 0.649. The van der Waals surface area contributed by atoms with Gasteiger partial charge in [-0.1, -0.05) is 18.2 Å². The zero-order valence-corrected chi connectivity index (χ0v) is 17.0. The summed E-state index contributed by atoms with van der Waals surface area (Å²) in [4.78, 5) is 0. The summed E-state index contributed by atoms with van der Waals surface area (Å²) in [6, 6.07) is 12.1. The van der Waals surface area contributed by atoms with Crippen LogP contribution < -0.4 is 19.5 Å². The molecule has 1 aromatic heterocycles. The zero-order chi connectivity index (χ0) is 19.6. The van der Waals surface area contributed by atoms with E-state index >= 15 is 0 Å². The minimum atomic E-state index is 0.480. The molecule has 0 aliphatic carbocycles. The Morgan fingerprint density at radius 3 is 2.55 bits per heavy atom. The topological polar surface area (TPSA) is 44.7 Å². The van der Waals surface area contributed by atoms with Crippen LogP contribution in [0.1, 0.15) is 23.2 Å². The fourth-order valence-corrected chi connectivity index (χ4v) is 4.80. The van der Waals surface area contributed by atoms with E-state index in [0.29, 0.717) is 13.2 Å². The lowest BCUT2D eigenvalue weighted by atomic mass is 10.0. The second-order valence-corrected chi connectivity index (χ2v) is 7.72. The predicted molar refractivity (Wildman–Crippen MR) is 115 cm³/mol. The van der Waals surface area contributed by atoms with Crippen molar-refractivity contribution in [2.75, 3.05) is 33.4 Å². The van der Waals surface area contributed by atoms with Crippen molar-refractivity contribution >= 4 is 10.9 Å². The molecule has 3 heterocycles. The van der Waals surface area contributed by atoms with Gasteiger partial charge in [0.25, 0.3) is 0 Å². The van der Waals surface area contributed by atoms with Crippen molar-refractivity contribution in [3.63, 3.8) is 0 Å². The van der Waals surface area contributed by atoms with Gasteiger partial charge in [-0.15, -0.1) is 0 Å². The van der Waals surface area contributed by atoms with Crippen molar-refractivity contribution in [2.45, 2.75) is 32.2 Å². The van der Waals surface area contributed by atoms with Crippen molar-refractivity contribution < 1.29 is 14.2 Å². The van der Waals surface area contributed by atoms with E-state index in [9.17, 15) is 0 Å². The fraction of sp³-hybridized carbons (Fsp3) is 0.417. The molecule has 152 valence electrons. The molecular formula is C24H28N2O3. The lowest BCUT2D eigenvalue weighted by molar-refractivity contribution is 0.212. The molecule has 2 aliphatic heterocycles. The Morgan fingerprint density at radius 2 is 1.69 bits per heavy atom. The highest BCUT2D eigenvalue weighted by Crippen LogP contribution is 2.39. The third-order valence-corrected chi connectivity index (χ3v) is 6.05. The smallest absolute Gasteiger partial charge is 0.161 e. The molecule has 2 aromatic carbocycles. The molecule has 5 heteroatoms. The van der Waals surface area contributed by atoms with Gasteiger partial charge in [0.15, 0.2) is 11.5 Å². The maximum Gasteiger partial charge on any atom is 0.161 e. The van der Waals surface area contributed by atoms with E-state index in [1.165, 1.54) is 34.1 Å². The van der Waals surface area contributed by atoms with E-state index in [2.05, 4.69) is 22.0 Å². The Morgan fingerprint density at radius 1 is 0.897 bits per heavy atom. The minimum absolute atomic E-state index is 0.480. The molecular weight excluding hydrogens is 364 g/mol. The summed E-state index contributed by atoms with van der Waals surface area (Å²) in [7, 11) is 1.66. The van der Waals surface area contributed by atoms with E-state index in [4.69, 9.17) is 14.2 Å². The van der Waals surface area contributed by atoms with Gasteiger partial charge in [-0.3, -0.25) is 0 Å². The van der Waals surface area contributed by atoms with Gasteiger partial charge in [0.2, 0.25) is 0 Å². The molecule has 0 saturated heterocycles. The van der Waals surface area contributed by atoms with Gasteiger partial charge in [0, 0.05) is 30.6 Å². The van der Waals surface area contributed by atoms with E-state index in [-0.39, 0.29) is 0 Å². The minimum Gasteiger partial charge on any atom is -0.493 e. The third-order valence-electron chi connectivity index (χ3n) is 6.05. The van der Waals surface area contributed by atoms with Gasteiger partial charge in [-0.2, -0.15) is 0 Å². The predicted octanol–water partition coefficient (Wildman–Crippen LogP) is 3.74. The summed E-state index contributed by atoms with van der Waals surface area (Å²) >= 11 is 0. The van der Waals surface area contributed by atoms with E-state index < -0.39 is 0 Å². The Bertz CT molecular complexity index is 1020. The highest BCUT2D eigenvalue weighted by atomic mass is 16.5. The number of nitrogens with zero attached hydrogens (tertiary/aromatic N) is 1. The highest BCUT2D eigenvalue weighted by molar-refractivity contribution is 5.94. The Hall–Kier alpha value is -2.66. The second kappa shape index (κ2) is 7.99. The van der Waals surface area contributed by atoms with Crippen molar-refractivity contribution in [1.82, 2.24) is 9.88 Å². The molecule has 1 N–H and O–H groups in total. The number of aryl methyl sites for hydroxylation is 2. The lowest BCUT2D eigenvalue weighted by Gasteiger charge is -2.19. The monoisotopic (exact) mass is 392 g/mol. The standard InChI is InChI=1S/C24H28N2O3/c1-27-20-6-2-3-7-21(20)28-15-16-29-22-9-8-17-5-4-14-26-19-11-13-25-12-10-18(19)23(22)24(17)26/h2-3,6-9,25H,4-5,10-16H2,1H3. The first-order valence-corrected chi connectivity index (χ1v) is 10.6. The average molecular weight is 392 g/mol. The normalized spacial score (nSPS) is 15.6. The Balaban J connectivity index is 1.39. The van der Waals surface area contributed by atoms with Crippen LogP contribution in [0.3, 0.4) is 0 Å². The summed E-state index contributed by atoms with van der Waals surface area (Å²) in [6.07, 6.45) is 4.55. The number of rotatable bonds is 6. The Labute approximate surface area is 171 Å². The lowest BCUT2D eigenvalue weighted by Crippen LogP contribution is -2.18. The average Bonchev–Trinajstić information content (AvgIpc) is 2.91. The molecule has 0 radical (unpaired) electrons. The maximum absolute atomic E-state index is 6.26. The number of ether oxygens (including phenoxy) is 3. The Kier molecular flexibility index (Phi) is 5.06. The van der Waals surface area contributed by atoms with Crippen LogP contribution in [0.5, 0.6) is 17.2 Å². The van der Waals surface area contributed by atoms with E-state index in [1.807, 2.05) is 24.3 Å². The van der Waals surface area contributed by atoms with E-state index in [0.717, 1.165) is 56.1 Å². The molecule has 5 nitrogen and oxygen atoms in total. The summed E-state index contributed by atoms with van der Waals surface area (Å²) in [6.45, 7) is 4.20. The summed E-state index contributed by atoms with van der Waals surface area (Å²) in [5.74, 6) is 2.49. The molecule has 0 atom stereocenters. The van der Waals surface area contributed by atoms with Crippen LogP contribution in [0.25, 0.3) is 10.9 Å². The molecule has 5 rings (SSSR count). The highest BCUT2D eigenvalue weighted by Gasteiger charge is 2.25. The molecule has 0 spiro atoms. The number of aromatic nitrogens is 1. The summed E-state index contributed by atoms with van der Waals surface area (Å²) in [5, 5.41) is 4.88. The first-order chi connectivity index (χ1) is 14.4. The number of nitrogens with one attached hydrogen (secondary N) is 1. The summed E-state index contributed by atoms with van der Waals surface area (Å²) in [5.41, 5.74) is 5.86. The van der Waals surface area contributed by atoms with Gasteiger partial charge < -0.3 is 24.1 Å². The zero-order valence-electron chi connectivity index (χ0n) is 17.0. The van der Waals surface area contributed by atoms with Crippen LogP contribution in [-0.2, 0) is 25.8 Å². The van der Waals surface area contributed by atoms with Gasteiger partial charge in [-0.05, 0) is 55.1 Å². The molecule has 0 amide bonds. The van der Waals surface area contributed by atoms with Crippen LogP contribution >= 0.6 is 0 Å². The number of hydrogen-bond donors (Lipinski definition) is 1. The second-order valence-electron chi connectivity index (χ2n) is 7.72. The third kappa shape index (κ3) is 3.33. The van der Waals surface area contributed by atoms with Crippen molar-refractivity contribution in [1.29, 1.82) is 0 Å². The van der Waals surface area contributed by atoms with Crippen LogP contribution in [0.4, 0.5) is 0 Å². The molecule has 0 unspecified atom stereocenters. The number of para-hydroxylation sites is 2. The van der Waals surface area contributed by atoms with E-state index in [1.54, 1.807) is 7.11 Å². The van der Waals surface area contributed by atoms with Gasteiger partial charge in [0.1, 0.15) is 19.0 Å². The molecule has 3 aromatic rings. The van der Waals surface area contributed by atoms with Gasteiger partial charge in [-0.25, -0.2) is 0 Å². The number of benzene rings is 2. The summed E-state index contributed by atoms with van der Waals surface area (Å²) < 4.78 is 20.1. The first kappa shape index (κ1) is 18.4. The van der Waals surface area contributed by atoms with Crippen molar-refractivity contribution in [3.8, 4) is 17.2 Å². The van der Waals surface area contributed by atoms with Crippen molar-refractivity contribution in [2.24, 2.45) is 0 Å². The molecule has 0 saturated carbocycles. The van der Waals surface area contributed by atoms with Gasteiger partial charge in [0.05, 0.1) is 12.6 Å². The number of fused-ring (bicyclic) bond motifs is 3. The van der Waals surface area contributed by atoms with Crippen LogP contribution in [0.2, 0.25) is 0 Å². The van der Waals surface area contributed by atoms with Crippen LogP contribution in [0.15, 0.2) is 36.4 Å². The molecule has 0 bridgehead atoms. The number of hydrogen-bond acceptors (Lipinski definition) is 4.